The summed E-state index contributed by atoms with van der Waals surface area (Å²) in [5.41, 5.74) is 0.825. The molecule has 1 aliphatic rings. The first-order chi connectivity index (χ1) is 11.5. The van der Waals surface area contributed by atoms with Gasteiger partial charge in [-0.3, -0.25) is 4.98 Å². The van der Waals surface area contributed by atoms with Gasteiger partial charge in [-0.25, -0.2) is 8.42 Å². The Labute approximate surface area is 146 Å². The number of methoxy groups -OCH3 is 1. The summed E-state index contributed by atoms with van der Waals surface area (Å²) < 4.78 is 33.0. The molecule has 2 aromatic rings. The molecular weight excluding hydrogens is 350 g/mol. The lowest BCUT2D eigenvalue weighted by Gasteiger charge is -2.35. The van der Waals surface area contributed by atoms with Crippen LogP contribution in [0.15, 0.2) is 47.6 Å². The van der Waals surface area contributed by atoms with Crippen molar-refractivity contribution in [3.05, 3.63) is 53.3 Å². The van der Waals surface area contributed by atoms with Crippen molar-refractivity contribution in [2.75, 3.05) is 26.7 Å². The quantitative estimate of drug-likeness (QED) is 0.895. The van der Waals surface area contributed by atoms with Crippen LogP contribution in [0.4, 0.5) is 0 Å². The van der Waals surface area contributed by atoms with Gasteiger partial charge in [0.05, 0.1) is 18.2 Å². The van der Waals surface area contributed by atoms with E-state index in [-0.39, 0.29) is 10.9 Å². The Bertz CT molecular complexity index is 829. The number of rotatable bonds is 4. The Kier molecular flexibility index (Phi) is 5.05. The van der Waals surface area contributed by atoms with Gasteiger partial charge in [0.2, 0.25) is 10.0 Å². The molecular formula is C16H18ClN3O3S. The molecule has 2 heterocycles. The third-order valence-corrected chi connectivity index (χ3v) is 6.06. The predicted molar refractivity (Wildman–Crippen MR) is 91.7 cm³/mol. The number of hydrogen-bond donors (Lipinski definition) is 1. The minimum absolute atomic E-state index is 0.0943. The van der Waals surface area contributed by atoms with Crippen LogP contribution in [0.2, 0.25) is 5.02 Å². The molecule has 128 valence electrons. The Morgan fingerprint density at radius 3 is 2.88 bits per heavy atom. The van der Waals surface area contributed by atoms with Gasteiger partial charge in [0.15, 0.2) is 0 Å². The number of halogens is 1. The first kappa shape index (κ1) is 17.2. The first-order valence-corrected chi connectivity index (χ1v) is 9.32. The molecule has 1 unspecified atom stereocenters. The second-order valence-electron chi connectivity index (χ2n) is 5.42. The molecule has 1 saturated heterocycles. The Hall–Kier alpha value is -1.67. The predicted octanol–water partition coefficient (Wildman–Crippen LogP) is 2.08. The molecule has 8 heteroatoms. The molecule has 1 N–H and O–H groups in total. The number of nitrogens with one attached hydrogen (secondary N) is 1. The van der Waals surface area contributed by atoms with E-state index in [2.05, 4.69) is 10.3 Å². The van der Waals surface area contributed by atoms with E-state index in [1.54, 1.807) is 7.11 Å². The van der Waals surface area contributed by atoms with Crippen LogP contribution < -0.4 is 10.1 Å². The number of ether oxygens (including phenoxy) is 1. The van der Waals surface area contributed by atoms with Crippen LogP contribution in [-0.4, -0.2) is 44.5 Å². The molecule has 24 heavy (non-hydrogen) atoms. The average molecular weight is 368 g/mol. The molecule has 0 bridgehead atoms. The number of nitrogens with zero attached hydrogens (tertiary/aromatic N) is 2. The fourth-order valence-electron chi connectivity index (χ4n) is 2.85. The summed E-state index contributed by atoms with van der Waals surface area (Å²) in [6, 6.07) is 8.51. The summed E-state index contributed by atoms with van der Waals surface area (Å²) in [6.07, 6.45) is 2.73. The fourth-order valence-corrected chi connectivity index (χ4v) is 4.68. The summed E-state index contributed by atoms with van der Waals surface area (Å²) in [7, 11) is -2.14. The van der Waals surface area contributed by atoms with Crippen LogP contribution in [0.5, 0.6) is 5.75 Å². The first-order valence-electron chi connectivity index (χ1n) is 7.50. The smallest absolute Gasteiger partial charge is 0.245 e. The Morgan fingerprint density at radius 1 is 1.33 bits per heavy atom. The number of piperazine rings is 1. The van der Waals surface area contributed by atoms with Crippen molar-refractivity contribution in [2.24, 2.45) is 0 Å². The van der Waals surface area contributed by atoms with Gasteiger partial charge in [0.25, 0.3) is 0 Å². The van der Waals surface area contributed by atoms with Crippen LogP contribution in [0.1, 0.15) is 11.6 Å². The maximum atomic E-state index is 13.1. The van der Waals surface area contributed by atoms with Gasteiger partial charge in [-0.15, -0.1) is 0 Å². The topological polar surface area (TPSA) is 71.5 Å². The summed E-state index contributed by atoms with van der Waals surface area (Å²) in [5.74, 6) is 0.663. The fraction of sp³-hybridized carbons (Fsp3) is 0.312. The van der Waals surface area contributed by atoms with Gasteiger partial charge in [0, 0.05) is 37.6 Å². The average Bonchev–Trinajstić information content (AvgIpc) is 2.61. The second-order valence-corrected chi connectivity index (χ2v) is 7.74. The molecule has 0 amide bonds. The number of hydrogen-bond acceptors (Lipinski definition) is 5. The van der Waals surface area contributed by atoms with Crippen molar-refractivity contribution in [3.8, 4) is 5.75 Å². The molecule has 0 radical (unpaired) electrons. The molecule has 0 saturated carbocycles. The zero-order valence-electron chi connectivity index (χ0n) is 13.1. The largest absolute Gasteiger partial charge is 0.496 e. The van der Waals surface area contributed by atoms with Crippen LogP contribution >= 0.6 is 11.6 Å². The molecule has 1 aliphatic heterocycles. The maximum absolute atomic E-state index is 13.1. The number of aromatic nitrogens is 1. The lowest BCUT2D eigenvalue weighted by molar-refractivity contribution is 0.264. The minimum atomic E-state index is -3.72. The number of pyridine rings is 1. The third-order valence-electron chi connectivity index (χ3n) is 3.98. The van der Waals surface area contributed by atoms with Crippen LogP contribution in [-0.2, 0) is 10.0 Å². The van der Waals surface area contributed by atoms with Gasteiger partial charge in [-0.1, -0.05) is 29.8 Å². The summed E-state index contributed by atoms with van der Waals surface area (Å²) in [4.78, 5) is 3.99. The Balaban J connectivity index is 2.04. The van der Waals surface area contributed by atoms with Gasteiger partial charge in [-0.05, 0) is 12.1 Å². The lowest BCUT2D eigenvalue weighted by Crippen LogP contribution is -2.48. The van der Waals surface area contributed by atoms with Crippen molar-refractivity contribution in [1.82, 2.24) is 14.6 Å². The van der Waals surface area contributed by atoms with Gasteiger partial charge >= 0.3 is 0 Å². The third kappa shape index (κ3) is 3.25. The van der Waals surface area contributed by atoms with Crippen LogP contribution in [0.25, 0.3) is 0 Å². The number of benzene rings is 1. The van der Waals surface area contributed by atoms with E-state index in [4.69, 9.17) is 16.3 Å². The van der Waals surface area contributed by atoms with E-state index < -0.39 is 10.0 Å². The SMILES string of the molecule is COc1ccccc1C1CNCCN1S(=O)(=O)c1cncc(Cl)c1. The summed E-state index contributed by atoms with van der Waals surface area (Å²) in [6.45, 7) is 1.45. The maximum Gasteiger partial charge on any atom is 0.245 e. The minimum Gasteiger partial charge on any atom is -0.496 e. The van der Waals surface area contributed by atoms with Crippen LogP contribution in [0.3, 0.4) is 0 Å². The van der Waals surface area contributed by atoms with Crippen molar-refractivity contribution >= 4 is 21.6 Å². The number of sulfonamides is 1. The summed E-state index contributed by atoms with van der Waals surface area (Å²) >= 11 is 5.91. The highest BCUT2D eigenvalue weighted by Gasteiger charge is 2.35. The van der Waals surface area contributed by atoms with E-state index in [0.29, 0.717) is 30.4 Å². The van der Waals surface area contributed by atoms with Crippen molar-refractivity contribution < 1.29 is 13.2 Å². The molecule has 1 aromatic heterocycles. The molecule has 1 aromatic carbocycles. The highest BCUT2D eigenvalue weighted by Crippen LogP contribution is 2.34. The van der Waals surface area contributed by atoms with E-state index in [1.165, 1.54) is 22.8 Å². The lowest BCUT2D eigenvalue weighted by atomic mass is 10.0. The summed E-state index contributed by atoms with van der Waals surface area (Å²) in [5, 5.41) is 3.54. The van der Waals surface area contributed by atoms with E-state index >= 15 is 0 Å². The van der Waals surface area contributed by atoms with Gasteiger partial charge in [0.1, 0.15) is 10.6 Å². The van der Waals surface area contributed by atoms with Gasteiger partial charge in [-0.2, -0.15) is 4.31 Å². The molecule has 0 aliphatic carbocycles. The molecule has 0 spiro atoms. The number of para-hydroxylation sites is 1. The second kappa shape index (κ2) is 7.06. The highest BCUT2D eigenvalue weighted by molar-refractivity contribution is 7.89. The van der Waals surface area contributed by atoms with Crippen molar-refractivity contribution in [2.45, 2.75) is 10.9 Å². The van der Waals surface area contributed by atoms with Crippen molar-refractivity contribution in [3.63, 3.8) is 0 Å². The monoisotopic (exact) mass is 367 g/mol. The van der Waals surface area contributed by atoms with E-state index in [1.807, 2.05) is 24.3 Å². The van der Waals surface area contributed by atoms with Gasteiger partial charge < -0.3 is 10.1 Å². The molecule has 1 fully saturated rings. The van der Waals surface area contributed by atoms with E-state index in [9.17, 15) is 8.42 Å². The Morgan fingerprint density at radius 2 is 2.12 bits per heavy atom. The normalized spacial score (nSPS) is 19.2. The molecule has 1 atom stereocenters. The van der Waals surface area contributed by atoms with Crippen molar-refractivity contribution in [1.29, 1.82) is 0 Å². The van der Waals surface area contributed by atoms with E-state index in [0.717, 1.165) is 5.56 Å². The molecule has 3 rings (SSSR count). The zero-order chi connectivity index (χ0) is 17.2. The standard InChI is InChI=1S/C16H18ClN3O3S/c1-23-16-5-3-2-4-14(16)15-11-18-6-7-20(15)24(21,22)13-8-12(17)9-19-10-13/h2-5,8-10,15,18H,6-7,11H2,1H3. The molecule has 6 nitrogen and oxygen atoms in total. The zero-order valence-corrected chi connectivity index (χ0v) is 14.7. The van der Waals surface area contributed by atoms with Crippen LogP contribution in [0, 0.1) is 0 Å². The highest BCUT2D eigenvalue weighted by atomic mass is 35.5.